The Hall–Kier alpha value is -2.68. The molecule has 6 nitrogen and oxygen atoms in total. The zero-order valence-corrected chi connectivity index (χ0v) is 16.5. The van der Waals surface area contributed by atoms with E-state index >= 15 is 0 Å². The molecule has 0 aliphatic heterocycles. The number of aromatic nitrogens is 3. The summed E-state index contributed by atoms with van der Waals surface area (Å²) >= 11 is 1.05. The molecule has 3 rings (SSSR count). The van der Waals surface area contributed by atoms with E-state index in [-0.39, 0.29) is 17.4 Å². The van der Waals surface area contributed by atoms with Gasteiger partial charge in [-0.05, 0) is 38.5 Å². The molecule has 0 saturated heterocycles. The smallest absolute Gasteiger partial charge is 0.278 e. The van der Waals surface area contributed by atoms with Crippen LogP contribution in [-0.2, 0) is 4.79 Å². The topological polar surface area (TPSA) is 79.8 Å². The zero-order valence-electron chi connectivity index (χ0n) is 15.7. The normalized spacial score (nSPS) is 12.3. The number of H-pyrrole nitrogens is 1. The average Bonchev–Trinajstić information content (AvgIpc) is 3.03. The molecule has 0 unspecified atom stereocenters. The number of hydrogen-bond acceptors (Lipinski definition) is 4. The molecule has 1 aromatic carbocycles. The molecule has 0 saturated carbocycles. The number of rotatable bonds is 6. The lowest BCUT2D eigenvalue weighted by molar-refractivity contribution is -0.113. The third-order valence-electron chi connectivity index (χ3n) is 4.38. The van der Waals surface area contributed by atoms with Gasteiger partial charge in [-0.25, -0.2) is 13.8 Å². The van der Waals surface area contributed by atoms with Gasteiger partial charge in [-0.15, -0.1) is 0 Å². The van der Waals surface area contributed by atoms with E-state index in [0.29, 0.717) is 22.6 Å². The molecule has 0 radical (unpaired) electrons. The molecule has 3 aromatic rings. The lowest BCUT2D eigenvalue weighted by atomic mass is 10.2. The van der Waals surface area contributed by atoms with Crippen molar-refractivity contribution in [2.45, 2.75) is 38.4 Å². The van der Waals surface area contributed by atoms with Gasteiger partial charge in [-0.2, -0.15) is 0 Å². The molecular weight excluding hydrogens is 386 g/mol. The third-order valence-corrected chi connectivity index (χ3v) is 5.33. The molecule has 0 bridgehead atoms. The molecule has 0 aliphatic carbocycles. The van der Waals surface area contributed by atoms with Crippen molar-refractivity contribution in [3.8, 4) is 0 Å². The number of carbonyl (C=O) groups excluding carboxylic acids is 1. The Morgan fingerprint density at radius 3 is 2.68 bits per heavy atom. The SMILES string of the molecule is CC[C@H](C)n1c(SCC(=O)Nc2c(F)cccc2F)nc2cc(C)[nH]c2c1=O. The number of fused-ring (bicyclic) bond motifs is 1. The Kier molecular flexibility index (Phi) is 5.83. The molecule has 28 heavy (non-hydrogen) atoms. The van der Waals surface area contributed by atoms with Crippen LogP contribution in [-0.4, -0.2) is 26.2 Å². The zero-order chi connectivity index (χ0) is 20.4. The average molecular weight is 406 g/mol. The van der Waals surface area contributed by atoms with E-state index in [1.54, 1.807) is 10.6 Å². The van der Waals surface area contributed by atoms with Crippen molar-refractivity contribution in [3.63, 3.8) is 0 Å². The number of halogens is 2. The highest BCUT2D eigenvalue weighted by Crippen LogP contribution is 2.24. The maximum Gasteiger partial charge on any atom is 0.278 e. The van der Waals surface area contributed by atoms with Crippen LogP contribution < -0.4 is 10.9 Å². The standard InChI is InChI=1S/C19H20F2N4O2S/c1-4-11(3)25-18(27)17-14(8-10(2)22-17)23-19(25)28-9-15(26)24-16-12(20)6-5-7-13(16)21/h5-8,11,22H,4,9H2,1-3H3,(H,24,26)/t11-/m0/s1. The number of benzene rings is 1. The molecule has 1 amide bonds. The lowest BCUT2D eigenvalue weighted by Gasteiger charge is -2.17. The number of nitrogens with zero attached hydrogens (tertiary/aromatic N) is 2. The van der Waals surface area contributed by atoms with E-state index in [0.717, 1.165) is 29.6 Å². The Morgan fingerprint density at radius 1 is 1.36 bits per heavy atom. The van der Waals surface area contributed by atoms with Gasteiger partial charge >= 0.3 is 0 Å². The first-order chi connectivity index (χ1) is 13.3. The molecule has 1 atom stereocenters. The predicted octanol–water partition coefficient (Wildman–Crippen LogP) is 4.01. The van der Waals surface area contributed by atoms with Crippen LogP contribution in [0.25, 0.3) is 11.0 Å². The molecule has 2 aromatic heterocycles. The second kappa shape index (κ2) is 8.14. The van der Waals surface area contributed by atoms with Crippen molar-refractivity contribution in [2.75, 3.05) is 11.1 Å². The van der Waals surface area contributed by atoms with Gasteiger partial charge in [0.05, 0.1) is 11.3 Å². The first kappa shape index (κ1) is 20.1. The summed E-state index contributed by atoms with van der Waals surface area (Å²) in [5.74, 6) is -2.44. The summed E-state index contributed by atoms with van der Waals surface area (Å²) in [6, 6.07) is 4.99. The van der Waals surface area contributed by atoms with Crippen LogP contribution in [0.3, 0.4) is 0 Å². The van der Waals surface area contributed by atoms with Crippen molar-refractivity contribution < 1.29 is 13.6 Å². The van der Waals surface area contributed by atoms with Gasteiger partial charge in [0.2, 0.25) is 5.91 Å². The molecule has 148 valence electrons. The molecule has 9 heteroatoms. The number of amides is 1. The second-order valence-electron chi connectivity index (χ2n) is 6.47. The van der Waals surface area contributed by atoms with Crippen LogP contribution in [0.15, 0.2) is 34.2 Å². The van der Waals surface area contributed by atoms with Crippen LogP contribution in [0.5, 0.6) is 0 Å². The summed E-state index contributed by atoms with van der Waals surface area (Å²) in [6.45, 7) is 5.67. The Bertz CT molecular complexity index is 1070. The summed E-state index contributed by atoms with van der Waals surface area (Å²) in [6.07, 6.45) is 0.701. The van der Waals surface area contributed by atoms with Gasteiger partial charge in [-0.1, -0.05) is 24.8 Å². The maximum atomic E-state index is 13.7. The van der Waals surface area contributed by atoms with E-state index in [9.17, 15) is 18.4 Å². The minimum Gasteiger partial charge on any atom is -0.353 e. The summed E-state index contributed by atoms with van der Waals surface area (Å²) < 4.78 is 28.9. The van der Waals surface area contributed by atoms with Crippen molar-refractivity contribution >= 4 is 34.4 Å². The number of thioether (sulfide) groups is 1. The summed E-state index contributed by atoms with van der Waals surface area (Å²) in [5.41, 5.74) is 1.04. The van der Waals surface area contributed by atoms with Crippen molar-refractivity contribution in [2.24, 2.45) is 0 Å². The monoisotopic (exact) mass is 406 g/mol. The van der Waals surface area contributed by atoms with Gasteiger partial charge in [0.15, 0.2) is 5.16 Å². The van der Waals surface area contributed by atoms with E-state index in [2.05, 4.69) is 15.3 Å². The van der Waals surface area contributed by atoms with Crippen molar-refractivity contribution in [1.82, 2.24) is 14.5 Å². The highest BCUT2D eigenvalue weighted by atomic mass is 32.2. The summed E-state index contributed by atoms with van der Waals surface area (Å²) in [5, 5.41) is 2.62. The summed E-state index contributed by atoms with van der Waals surface area (Å²) in [4.78, 5) is 32.6. The summed E-state index contributed by atoms with van der Waals surface area (Å²) in [7, 11) is 0. The van der Waals surface area contributed by atoms with E-state index in [1.807, 2.05) is 20.8 Å². The Morgan fingerprint density at radius 2 is 2.04 bits per heavy atom. The number of aromatic amines is 1. The first-order valence-electron chi connectivity index (χ1n) is 8.80. The fourth-order valence-electron chi connectivity index (χ4n) is 2.79. The van der Waals surface area contributed by atoms with Crippen LogP contribution in [0.1, 0.15) is 32.0 Å². The van der Waals surface area contributed by atoms with E-state index < -0.39 is 23.2 Å². The predicted molar refractivity (Wildman–Crippen MR) is 106 cm³/mol. The van der Waals surface area contributed by atoms with Crippen LogP contribution >= 0.6 is 11.8 Å². The highest BCUT2D eigenvalue weighted by Gasteiger charge is 2.19. The van der Waals surface area contributed by atoms with E-state index in [1.165, 1.54) is 6.07 Å². The lowest BCUT2D eigenvalue weighted by Crippen LogP contribution is -2.27. The molecule has 2 heterocycles. The van der Waals surface area contributed by atoms with Gasteiger partial charge in [0.1, 0.15) is 22.8 Å². The molecular formula is C19H20F2N4O2S. The molecule has 0 fully saturated rings. The van der Waals surface area contributed by atoms with Crippen molar-refractivity contribution in [3.05, 3.63) is 51.9 Å². The maximum absolute atomic E-state index is 13.7. The van der Waals surface area contributed by atoms with Crippen LogP contribution in [0.2, 0.25) is 0 Å². The Balaban J connectivity index is 1.87. The fraction of sp³-hybridized carbons (Fsp3) is 0.316. The second-order valence-corrected chi connectivity index (χ2v) is 7.42. The first-order valence-corrected chi connectivity index (χ1v) is 9.78. The largest absolute Gasteiger partial charge is 0.353 e. The van der Waals surface area contributed by atoms with Crippen molar-refractivity contribution in [1.29, 1.82) is 0 Å². The van der Waals surface area contributed by atoms with Gasteiger partial charge < -0.3 is 10.3 Å². The molecule has 2 N–H and O–H groups in total. The van der Waals surface area contributed by atoms with Crippen LogP contribution in [0, 0.1) is 18.6 Å². The third kappa shape index (κ3) is 3.94. The number of nitrogens with one attached hydrogen (secondary N) is 2. The molecule has 0 aliphatic rings. The number of aryl methyl sites for hydroxylation is 1. The van der Waals surface area contributed by atoms with Gasteiger partial charge in [0, 0.05) is 11.7 Å². The number of hydrogen-bond donors (Lipinski definition) is 2. The van der Waals surface area contributed by atoms with Crippen LogP contribution in [0.4, 0.5) is 14.5 Å². The Labute approximate surface area is 164 Å². The minimum atomic E-state index is -0.850. The minimum absolute atomic E-state index is 0.123. The quantitative estimate of drug-likeness (QED) is 0.479. The molecule has 0 spiro atoms. The fourth-order valence-corrected chi connectivity index (χ4v) is 3.68. The number of anilines is 1. The highest BCUT2D eigenvalue weighted by molar-refractivity contribution is 7.99. The number of para-hydroxylation sites is 1. The van der Waals surface area contributed by atoms with Gasteiger partial charge in [0.25, 0.3) is 5.56 Å². The van der Waals surface area contributed by atoms with E-state index in [4.69, 9.17) is 0 Å². The number of carbonyl (C=O) groups is 1. The van der Waals surface area contributed by atoms with Gasteiger partial charge in [-0.3, -0.25) is 14.2 Å².